The number of halogens is 1. The summed E-state index contributed by atoms with van der Waals surface area (Å²) < 4.78 is 5.54. The Morgan fingerprint density at radius 2 is 1.94 bits per heavy atom. The van der Waals surface area contributed by atoms with E-state index in [9.17, 15) is 9.59 Å². The minimum absolute atomic E-state index is 0.205. The van der Waals surface area contributed by atoms with Crippen LogP contribution >= 0.6 is 11.6 Å². The maximum absolute atomic E-state index is 13.3. The SMILES string of the molecule is CCN1c2ncc(CC(OC(C)=O)c3ccncc3)cc2C(=O)N(C)c2ccc(Cl)nc21. The van der Waals surface area contributed by atoms with Crippen molar-refractivity contribution in [3.8, 4) is 0 Å². The van der Waals surface area contributed by atoms with E-state index < -0.39 is 6.10 Å². The monoisotopic (exact) mass is 451 g/mol. The van der Waals surface area contributed by atoms with Crippen molar-refractivity contribution in [2.24, 2.45) is 0 Å². The van der Waals surface area contributed by atoms with E-state index >= 15 is 0 Å². The third kappa shape index (κ3) is 4.13. The highest BCUT2D eigenvalue weighted by atomic mass is 35.5. The standard InChI is InChI=1S/C23H22ClN5O3/c1-4-29-21-17(23(31)28(3)18-5-6-20(24)27-22(18)29)11-15(13-26-21)12-19(32-14(2)30)16-7-9-25-10-8-16/h5-11,13,19H,4,12H2,1-3H3. The molecule has 4 heterocycles. The Kier molecular flexibility index (Phi) is 6.05. The van der Waals surface area contributed by atoms with E-state index in [2.05, 4.69) is 15.0 Å². The molecule has 0 saturated carbocycles. The van der Waals surface area contributed by atoms with E-state index in [0.29, 0.717) is 41.0 Å². The van der Waals surface area contributed by atoms with E-state index in [4.69, 9.17) is 16.3 Å². The summed E-state index contributed by atoms with van der Waals surface area (Å²) in [5.74, 6) is 0.489. The molecule has 0 aliphatic carbocycles. The lowest BCUT2D eigenvalue weighted by molar-refractivity contribution is -0.146. The first kappa shape index (κ1) is 21.7. The second-order valence-corrected chi connectivity index (χ2v) is 7.77. The molecule has 3 aromatic rings. The number of carbonyl (C=O) groups excluding carboxylic acids is 2. The molecule has 0 aromatic carbocycles. The molecular weight excluding hydrogens is 430 g/mol. The molecule has 1 aliphatic heterocycles. The number of fused-ring (bicyclic) bond motifs is 2. The van der Waals surface area contributed by atoms with Crippen molar-refractivity contribution in [1.29, 1.82) is 0 Å². The maximum atomic E-state index is 13.3. The van der Waals surface area contributed by atoms with Crippen molar-refractivity contribution < 1.29 is 14.3 Å². The molecule has 1 amide bonds. The fourth-order valence-corrected chi connectivity index (χ4v) is 3.92. The third-order valence-corrected chi connectivity index (χ3v) is 5.49. The van der Waals surface area contributed by atoms with E-state index in [-0.39, 0.29) is 11.9 Å². The molecule has 0 bridgehead atoms. The van der Waals surface area contributed by atoms with Crippen LogP contribution in [0, 0.1) is 0 Å². The fraction of sp³-hybridized carbons (Fsp3) is 0.261. The fourth-order valence-electron chi connectivity index (χ4n) is 3.77. The molecule has 8 nitrogen and oxygen atoms in total. The van der Waals surface area contributed by atoms with Crippen LogP contribution in [0.4, 0.5) is 17.3 Å². The van der Waals surface area contributed by atoms with Gasteiger partial charge in [0, 0.05) is 45.5 Å². The maximum Gasteiger partial charge on any atom is 0.303 e. The number of esters is 1. The van der Waals surface area contributed by atoms with Crippen molar-refractivity contribution in [2.75, 3.05) is 23.4 Å². The summed E-state index contributed by atoms with van der Waals surface area (Å²) in [6, 6.07) is 8.83. The number of hydrogen-bond acceptors (Lipinski definition) is 7. The predicted octanol–water partition coefficient (Wildman–Crippen LogP) is 4.12. The molecule has 164 valence electrons. The van der Waals surface area contributed by atoms with E-state index in [1.54, 1.807) is 60.9 Å². The van der Waals surface area contributed by atoms with Crippen LogP contribution in [0.3, 0.4) is 0 Å². The van der Waals surface area contributed by atoms with Crippen molar-refractivity contribution in [3.63, 3.8) is 0 Å². The van der Waals surface area contributed by atoms with Crippen LogP contribution in [-0.4, -0.2) is 40.4 Å². The Balaban J connectivity index is 1.75. The minimum Gasteiger partial charge on any atom is -0.457 e. The summed E-state index contributed by atoms with van der Waals surface area (Å²) in [6.45, 7) is 3.88. The smallest absolute Gasteiger partial charge is 0.303 e. The van der Waals surface area contributed by atoms with Gasteiger partial charge < -0.3 is 14.5 Å². The average molecular weight is 452 g/mol. The summed E-state index contributed by atoms with van der Waals surface area (Å²) in [5, 5.41) is 0.338. The topological polar surface area (TPSA) is 88.5 Å². The second kappa shape index (κ2) is 8.92. The largest absolute Gasteiger partial charge is 0.457 e. The molecular formula is C23H22ClN5O3. The number of nitrogens with zero attached hydrogens (tertiary/aromatic N) is 5. The summed E-state index contributed by atoms with van der Waals surface area (Å²) in [4.78, 5) is 41.5. The molecule has 0 N–H and O–H groups in total. The van der Waals surface area contributed by atoms with Crippen LogP contribution < -0.4 is 9.80 Å². The Hall–Kier alpha value is -3.52. The summed E-state index contributed by atoms with van der Waals surface area (Å²) in [6.07, 6.45) is 4.84. The van der Waals surface area contributed by atoms with Gasteiger partial charge in [0.05, 0.1) is 11.3 Å². The van der Waals surface area contributed by atoms with Gasteiger partial charge in [0.1, 0.15) is 17.1 Å². The van der Waals surface area contributed by atoms with Gasteiger partial charge in [-0.25, -0.2) is 9.97 Å². The summed E-state index contributed by atoms with van der Waals surface area (Å²) >= 11 is 6.14. The molecule has 1 aliphatic rings. The van der Waals surface area contributed by atoms with E-state index in [1.807, 2.05) is 11.8 Å². The highest BCUT2D eigenvalue weighted by Gasteiger charge is 2.31. The molecule has 0 radical (unpaired) electrons. The summed E-state index contributed by atoms with van der Waals surface area (Å²) in [7, 11) is 1.70. The molecule has 0 spiro atoms. The number of carbonyl (C=O) groups is 2. The zero-order chi connectivity index (χ0) is 22.8. The van der Waals surface area contributed by atoms with Gasteiger partial charge in [-0.1, -0.05) is 11.6 Å². The predicted molar refractivity (Wildman–Crippen MR) is 121 cm³/mol. The van der Waals surface area contributed by atoms with Gasteiger partial charge in [0.15, 0.2) is 5.82 Å². The van der Waals surface area contributed by atoms with Crippen LogP contribution in [0.1, 0.15) is 41.4 Å². The van der Waals surface area contributed by atoms with E-state index in [1.165, 1.54) is 6.92 Å². The van der Waals surface area contributed by atoms with Crippen LogP contribution in [-0.2, 0) is 16.0 Å². The lowest BCUT2D eigenvalue weighted by atomic mass is 10.0. The number of ether oxygens (including phenoxy) is 1. The molecule has 1 atom stereocenters. The van der Waals surface area contributed by atoms with Gasteiger partial charge >= 0.3 is 5.97 Å². The molecule has 0 fully saturated rings. The first-order valence-electron chi connectivity index (χ1n) is 10.2. The quantitative estimate of drug-likeness (QED) is 0.425. The number of pyridine rings is 3. The normalized spacial score (nSPS) is 13.8. The number of hydrogen-bond donors (Lipinski definition) is 0. The Labute approximate surface area is 190 Å². The molecule has 3 aromatic heterocycles. The van der Waals surface area contributed by atoms with Gasteiger partial charge in [-0.05, 0) is 48.4 Å². The molecule has 1 unspecified atom stereocenters. The first-order chi connectivity index (χ1) is 15.4. The van der Waals surface area contributed by atoms with Crippen LogP contribution in [0.25, 0.3) is 0 Å². The lowest BCUT2D eigenvalue weighted by Crippen LogP contribution is -2.25. The zero-order valence-electron chi connectivity index (χ0n) is 17.9. The van der Waals surface area contributed by atoms with Crippen molar-refractivity contribution in [2.45, 2.75) is 26.4 Å². The Morgan fingerprint density at radius 1 is 1.19 bits per heavy atom. The van der Waals surface area contributed by atoms with E-state index in [0.717, 1.165) is 11.1 Å². The molecule has 0 saturated heterocycles. The van der Waals surface area contributed by atoms with Gasteiger partial charge in [0.2, 0.25) is 0 Å². The van der Waals surface area contributed by atoms with Crippen LogP contribution in [0.5, 0.6) is 0 Å². The highest BCUT2D eigenvalue weighted by molar-refractivity contribution is 6.29. The molecule has 4 rings (SSSR count). The second-order valence-electron chi connectivity index (χ2n) is 7.38. The van der Waals surface area contributed by atoms with Crippen molar-refractivity contribution >= 4 is 40.8 Å². The number of anilines is 3. The third-order valence-electron chi connectivity index (χ3n) is 5.28. The average Bonchev–Trinajstić information content (AvgIpc) is 2.87. The first-order valence-corrected chi connectivity index (χ1v) is 10.5. The van der Waals surface area contributed by atoms with Crippen LogP contribution in [0.2, 0.25) is 5.15 Å². The number of amides is 1. The van der Waals surface area contributed by atoms with Gasteiger partial charge in [0.25, 0.3) is 5.91 Å². The number of aromatic nitrogens is 3. The molecule has 9 heteroatoms. The van der Waals surface area contributed by atoms with Gasteiger partial charge in [-0.2, -0.15) is 0 Å². The van der Waals surface area contributed by atoms with Crippen molar-refractivity contribution in [3.05, 3.63) is 70.8 Å². The lowest BCUT2D eigenvalue weighted by Gasteiger charge is -2.23. The van der Waals surface area contributed by atoms with Crippen LogP contribution in [0.15, 0.2) is 48.9 Å². The zero-order valence-corrected chi connectivity index (χ0v) is 18.7. The molecule has 32 heavy (non-hydrogen) atoms. The summed E-state index contributed by atoms with van der Waals surface area (Å²) in [5.41, 5.74) is 2.67. The Morgan fingerprint density at radius 3 is 2.62 bits per heavy atom. The van der Waals surface area contributed by atoms with Crippen molar-refractivity contribution in [1.82, 2.24) is 15.0 Å². The minimum atomic E-state index is -0.520. The highest BCUT2D eigenvalue weighted by Crippen LogP contribution is 2.39. The van der Waals surface area contributed by atoms with Gasteiger partial charge in [-0.3, -0.25) is 14.6 Å². The van der Waals surface area contributed by atoms with Gasteiger partial charge in [-0.15, -0.1) is 0 Å². The Bertz CT molecular complexity index is 1170. The number of rotatable bonds is 5.